The van der Waals surface area contributed by atoms with Crippen molar-refractivity contribution in [2.45, 2.75) is 0 Å². The van der Waals surface area contributed by atoms with Crippen molar-refractivity contribution in [3.63, 3.8) is 0 Å². The minimum atomic E-state index is 1.21. The van der Waals surface area contributed by atoms with E-state index in [1.165, 1.54) is 130 Å². The summed E-state index contributed by atoms with van der Waals surface area (Å²) in [5, 5.41) is 23.5. The Kier molecular flexibility index (Phi) is 5.98. The lowest BCUT2D eigenvalue weighted by atomic mass is 9.84. The Balaban J connectivity index is 1.18. The fourth-order valence-electron chi connectivity index (χ4n) is 10.3. The summed E-state index contributed by atoms with van der Waals surface area (Å²) in [6.45, 7) is 0. The fourth-order valence-corrected chi connectivity index (χ4v) is 10.3. The molecule has 0 fully saturated rings. The van der Waals surface area contributed by atoms with Crippen LogP contribution in [0.3, 0.4) is 0 Å². The third-order valence-corrected chi connectivity index (χ3v) is 12.7. The molecule has 0 saturated heterocycles. The van der Waals surface area contributed by atoms with Gasteiger partial charge in [0.05, 0.1) is 0 Å². The van der Waals surface area contributed by atoms with Gasteiger partial charge in [0.15, 0.2) is 0 Å². The Morgan fingerprint density at radius 3 is 1.25 bits per heavy atom. The Morgan fingerprint density at radius 2 is 0.589 bits per heavy atom. The molecule has 13 aromatic rings. The zero-order chi connectivity index (χ0) is 36.5. The summed E-state index contributed by atoms with van der Waals surface area (Å²) in [5.41, 5.74) is 7.39. The molecule has 0 spiro atoms. The van der Waals surface area contributed by atoms with Crippen molar-refractivity contribution in [2.24, 2.45) is 0 Å². The van der Waals surface area contributed by atoms with E-state index in [0.717, 1.165) is 0 Å². The van der Waals surface area contributed by atoms with E-state index >= 15 is 0 Å². The third kappa shape index (κ3) is 4.08. The second kappa shape index (κ2) is 11.1. The van der Waals surface area contributed by atoms with Crippen LogP contribution in [0.5, 0.6) is 0 Å². The average molecular weight is 705 g/mol. The van der Waals surface area contributed by atoms with Gasteiger partial charge in [0.1, 0.15) is 0 Å². The van der Waals surface area contributed by atoms with E-state index < -0.39 is 0 Å². The van der Waals surface area contributed by atoms with Crippen LogP contribution in [0, 0.1) is 0 Å². The Morgan fingerprint density at radius 1 is 0.179 bits per heavy atom. The Labute approximate surface area is 323 Å². The molecular weight excluding hydrogens is 673 g/mol. The molecule has 56 heavy (non-hydrogen) atoms. The minimum Gasteiger partial charge on any atom is -0.0622 e. The molecule has 0 N–H and O–H groups in total. The molecule has 13 rings (SSSR count). The predicted molar refractivity (Wildman–Crippen MR) is 243 cm³/mol. The summed E-state index contributed by atoms with van der Waals surface area (Å²) >= 11 is 0. The van der Waals surface area contributed by atoms with Crippen LogP contribution in [0.1, 0.15) is 0 Å². The monoisotopic (exact) mass is 704 g/mol. The van der Waals surface area contributed by atoms with Crippen molar-refractivity contribution in [3.8, 4) is 33.4 Å². The first-order valence-electron chi connectivity index (χ1n) is 19.6. The molecule has 0 amide bonds. The Bertz CT molecular complexity index is 3720. The van der Waals surface area contributed by atoms with Crippen LogP contribution in [0.25, 0.3) is 130 Å². The second-order valence-corrected chi connectivity index (χ2v) is 15.6. The summed E-state index contributed by atoms with van der Waals surface area (Å²) < 4.78 is 0. The Hall–Kier alpha value is -7.28. The average Bonchev–Trinajstić information content (AvgIpc) is 3.26. The number of hydrogen-bond donors (Lipinski definition) is 0. The predicted octanol–water partition coefficient (Wildman–Crippen LogP) is 15.9. The molecular formula is C56H32. The first-order chi connectivity index (χ1) is 27.8. The molecule has 0 nitrogen and oxygen atoms in total. The number of rotatable bonds is 3. The van der Waals surface area contributed by atoms with Gasteiger partial charge in [0.2, 0.25) is 0 Å². The zero-order valence-corrected chi connectivity index (χ0v) is 30.5. The number of hydrogen-bond acceptors (Lipinski definition) is 0. The SMILES string of the molecule is c1ccc(-c2cc(-c3ccc4ccc5cccc6ccc3c4c56)cc(-c3cc4cccc5c6cccc7ccc8cccc(c9cccc3c9c45)c8c76)c2)cc1. The van der Waals surface area contributed by atoms with E-state index in [4.69, 9.17) is 0 Å². The van der Waals surface area contributed by atoms with Crippen molar-refractivity contribution in [3.05, 3.63) is 194 Å². The fraction of sp³-hybridized carbons (Fsp3) is 0. The van der Waals surface area contributed by atoms with Gasteiger partial charge in [-0.25, -0.2) is 0 Å². The highest BCUT2D eigenvalue weighted by Crippen LogP contribution is 2.47. The molecule has 0 heteroatoms. The normalized spacial score (nSPS) is 12.3. The topological polar surface area (TPSA) is 0 Å². The summed E-state index contributed by atoms with van der Waals surface area (Å²) in [5.74, 6) is 0. The van der Waals surface area contributed by atoms with Crippen LogP contribution in [0.4, 0.5) is 0 Å². The van der Waals surface area contributed by atoms with Gasteiger partial charge in [0.25, 0.3) is 0 Å². The van der Waals surface area contributed by atoms with E-state index in [-0.39, 0.29) is 0 Å². The van der Waals surface area contributed by atoms with Gasteiger partial charge < -0.3 is 0 Å². The van der Waals surface area contributed by atoms with Crippen LogP contribution in [0.2, 0.25) is 0 Å². The smallest absolute Gasteiger partial charge is 0.00141 e. The van der Waals surface area contributed by atoms with Gasteiger partial charge >= 0.3 is 0 Å². The van der Waals surface area contributed by atoms with Crippen LogP contribution in [-0.4, -0.2) is 0 Å². The molecule has 0 atom stereocenters. The van der Waals surface area contributed by atoms with Gasteiger partial charge in [0, 0.05) is 0 Å². The summed E-state index contributed by atoms with van der Waals surface area (Å²) in [4.78, 5) is 0. The van der Waals surface area contributed by atoms with Crippen LogP contribution < -0.4 is 0 Å². The summed E-state index contributed by atoms with van der Waals surface area (Å²) in [7, 11) is 0. The molecule has 0 aliphatic carbocycles. The minimum absolute atomic E-state index is 1.21. The third-order valence-electron chi connectivity index (χ3n) is 12.7. The first kappa shape index (κ1) is 30.1. The quantitative estimate of drug-likeness (QED) is 0.161. The van der Waals surface area contributed by atoms with E-state index in [2.05, 4.69) is 194 Å². The molecule has 0 unspecified atom stereocenters. The van der Waals surface area contributed by atoms with E-state index in [1.807, 2.05) is 0 Å². The molecule has 256 valence electrons. The van der Waals surface area contributed by atoms with Crippen LogP contribution in [0.15, 0.2) is 194 Å². The highest BCUT2D eigenvalue weighted by molar-refractivity contribution is 6.38. The van der Waals surface area contributed by atoms with Gasteiger partial charge in [-0.3, -0.25) is 0 Å². The molecule has 0 aromatic heterocycles. The lowest BCUT2D eigenvalue weighted by Crippen LogP contribution is -1.92. The van der Waals surface area contributed by atoms with Crippen molar-refractivity contribution < 1.29 is 0 Å². The van der Waals surface area contributed by atoms with Crippen molar-refractivity contribution in [1.82, 2.24) is 0 Å². The van der Waals surface area contributed by atoms with Crippen molar-refractivity contribution in [1.29, 1.82) is 0 Å². The van der Waals surface area contributed by atoms with Crippen LogP contribution >= 0.6 is 0 Å². The molecule has 0 radical (unpaired) electrons. The van der Waals surface area contributed by atoms with E-state index in [9.17, 15) is 0 Å². The molecule has 0 bridgehead atoms. The van der Waals surface area contributed by atoms with Gasteiger partial charge in [-0.1, -0.05) is 170 Å². The number of benzene rings is 12. The standard InChI is InChI=1S/C56H32/c1-2-9-33(10-3-1)40-29-41(43-27-25-38-24-21-34-11-4-12-35-26-28-49(43)52(38)51(34)35)31-42(30-40)50-32-39-15-7-18-45-44-16-5-13-36-22-23-37-14-6-17-46(54(37)53(36)44)47-19-8-20-48(50)56(47)55(39)45/h1-32H. The van der Waals surface area contributed by atoms with E-state index in [0.29, 0.717) is 0 Å². The van der Waals surface area contributed by atoms with Crippen molar-refractivity contribution >= 4 is 97.0 Å². The van der Waals surface area contributed by atoms with Gasteiger partial charge in [-0.15, -0.1) is 0 Å². The maximum absolute atomic E-state index is 2.46. The van der Waals surface area contributed by atoms with Crippen LogP contribution in [-0.2, 0) is 0 Å². The number of fused-ring (bicyclic) bond motifs is 2. The maximum atomic E-state index is 2.46. The maximum Gasteiger partial charge on any atom is -0.00141 e. The first-order valence-corrected chi connectivity index (χ1v) is 19.6. The highest BCUT2D eigenvalue weighted by atomic mass is 14.2. The molecule has 0 heterocycles. The van der Waals surface area contributed by atoms with Gasteiger partial charge in [-0.05, 0) is 155 Å². The zero-order valence-electron chi connectivity index (χ0n) is 30.5. The molecule has 0 aliphatic heterocycles. The molecule has 0 aliphatic rings. The lowest BCUT2D eigenvalue weighted by Gasteiger charge is -2.19. The summed E-state index contributed by atoms with van der Waals surface area (Å²) in [6, 6.07) is 73.2. The summed E-state index contributed by atoms with van der Waals surface area (Å²) in [6.07, 6.45) is 0. The lowest BCUT2D eigenvalue weighted by molar-refractivity contribution is 1.60. The van der Waals surface area contributed by atoms with E-state index in [1.54, 1.807) is 0 Å². The second-order valence-electron chi connectivity index (χ2n) is 15.6. The largest absolute Gasteiger partial charge is 0.0622 e. The van der Waals surface area contributed by atoms with Crippen molar-refractivity contribution in [2.75, 3.05) is 0 Å². The molecule has 13 aromatic carbocycles. The van der Waals surface area contributed by atoms with Gasteiger partial charge in [-0.2, -0.15) is 0 Å². The molecule has 0 saturated carbocycles. The highest BCUT2D eigenvalue weighted by Gasteiger charge is 2.19.